The van der Waals surface area contributed by atoms with Gasteiger partial charge in [-0.2, -0.15) is 8.42 Å². The number of carboxylic acid groups (broad SMARTS) is 1. The third-order valence-electron chi connectivity index (χ3n) is 3.44. The van der Waals surface area contributed by atoms with E-state index >= 15 is 0 Å². The molecule has 0 unspecified atom stereocenters. The molecular formula is C15H17N4O5S-. The third kappa shape index (κ3) is 4.24. The Balaban J connectivity index is 2.33. The van der Waals surface area contributed by atoms with Gasteiger partial charge in [-0.3, -0.25) is 4.79 Å². The van der Waals surface area contributed by atoms with Gasteiger partial charge in [-0.15, -0.1) is 0 Å². The Kier molecular flexibility index (Phi) is 5.57. The Bertz CT molecular complexity index is 887. The van der Waals surface area contributed by atoms with Crippen LogP contribution in [0.5, 0.6) is 0 Å². The van der Waals surface area contributed by atoms with Crippen molar-refractivity contribution < 1.29 is 23.1 Å². The largest absolute Gasteiger partial charge is 0.543 e. The van der Waals surface area contributed by atoms with Crippen molar-refractivity contribution in [1.29, 1.82) is 0 Å². The number of nitrogens with two attached hydrogens (primary N) is 2. The molecule has 0 atom stereocenters. The van der Waals surface area contributed by atoms with Crippen LogP contribution in [0.4, 0.5) is 0 Å². The fourth-order valence-electron chi connectivity index (χ4n) is 2.27. The number of hydrogen-bond donors (Lipinski definition) is 3. The first-order chi connectivity index (χ1) is 11.8. The normalized spacial score (nSPS) is 11.3. The number of nitrogens with one attached hydrogen (secondary N) is 1. The number of aromatic nitrogens is 1. The van der Waals surface area contributed by atoms with Crippen molar-refractivity contribution in [2.24, 2.45) is 10.9 Å². The Hall–Kier alpha value is -2.69. The maximum absolute atomic E-state index is 11.9. The number of carbonyl (C=O) groups is 2. The summed E-state index contributed by atoms with van der Waals surface area (Å²) in [5.41, 5.74) is 5.66. The summed E-state index contributed by atoms with van der Waals surface area (Å²) in [6.45, 7) is 0.912. The lowest BCUT2D eigenvalue weighted by Gasteiger charge is -2.11. The van der Waals surface area contributed by atoms with Gasteiger partial charge in [0.15, 0.2) is 0 Å². The van der Waals surface area contributed by atoms with Crippen LogP contribution in [0.1, 0.15) is 27.3 Å². The first-order valence-corrected chi connectivity index (χ1v) is 8.80. The Morgan fingerprint density at radius 2 is 1.80 bits per heavy atom. The summed E-state index contributed by atoms with van der Waals surface area (Å²) in [6, 6.07) is 7.31. The minimum Gasteiger partial charge on any atom is -0.543 e. The smallest absolute Gasteiger partial charge is 0.302 e. The lowest BCUT2D eigenvalue weighted by atomic mass is 10.0. The van der Waals surface area contributed by atoms with Crippen molar-refractivity contribution in [1.82, 2.24) is 9.29 Å². The highest BCUT2D eigenvalue weighted by Crippen LogP contribution is 2.25. The Morgan fingerprint density at radius 1 is 1.16 bits per heavy atom. The van der Waals surface area contributed by atoms with Crippen LogP contribution in [0, 0.1) is 0 Å². The summed E-state index contributed by atoms with van der Waals surface area (Å²) < 4.78 is 23.4. The molecule has 0 bridgehead atoms. The van der Waals surface area contributed by atoms with Crippen molar-refractivity contribution in [3.05, 3.63) is 47.8 Å². The van der Waals surface area contributed by atoms with Gasteiger partial charge in [0.2, 0.25) is 0 Å². The van der Waals surface area contributed by atoms with Crippen LogP contribution in [0.25, 0.3) is 11.1 Å². The van der Waals surface area contributed by atoms with E-state index < -0.39 is 21.9 Å². The van der Waals surface area contributed by atoms with E-state index in [4.69, 9.17) is 10.9 Å². The molecule has 0 spiro atoms. The average Bonchev–Trinajstić information content (AvgIpc) is 3.00. The van der Waals surface area contributed by atoms with Crippen LogP contribution in [0.15, 0.2) is 36.5 Å². The molecule has 1 aromatic carbocycles. The molecule has 0 saturated carbocycles. The number of carbonyl (C=O) groups excluding carboxylic acids is 2. The average molecular weight is 365 g/mol. The highest BCUT2D eigenvalue weighted by molar-refractivity contribution is 7.87. The summed E-state index contributed by atoms with van der Waals surface area (Å²) in [7, 11) is -4.28. The van der Waals surface area contributed by atoms with Crippen molar-refractivity contribution >= 4 is 22.1 Å². The first-order valence-electron chi connectivity index (χ1n) is 7.30. The number of rotatable bonds is 7. The molecule has 1 amide bonds. The van der Waals surface area contributed by atoms with E-state index in [2.05, 4.69) is 5.32 Å². The van der Waals surface area contributed by atoms with E-state index in [1.807, 2.05) is 0 Å². The second-order valence-corrected chi connectivity index (χ2v) is 6.61. The van der Waals surface area contributed by atoms with E-state index in [1.165, 1.54) is 30.3 Å². The van der Waals surface area contributed by atoms with Gasteiger partial charge in [0.25, 0.3) is 5.91 Å². The van der Waals surface area contributed by atoms with Crippen molar-refractivity contribution in [3.63, 3.8) is 0 Å². The SMILES string of the molecule is NCCCNC(=O)c1ccc(-c2ccn(S(N)(=O)=O)c2C(=O)[O-])cc1. The third-order valence-corrected chi connectivity index (χ3v) is 4.30. The van der Waals surface area contributed by atoms with Crippen molar-refractivity contribution in [2.75, 3.05) is 13.1 Å². The van der Waals surface area contributed by atoms with Crippen LogP contribution < -0.4 is 21.3 Å². The van der Waals surface area contributed by atoms with E-state index in [1.54, 1.807) is 0 Å². The molecule has 5 N–H and O–H groups in total. The summed E-state index contributed by atoms with van der Waals surface area (Å²) in [5.74, 6) is -1.97. The molecule has 0 fully saturated rings. The van der Waals surface area contributed by atoms with Crippen LogP contribution in [-0.2, 0) is 10.2 Å². The number of hydrogen-bond acceptors (Lipinski definition) is 6. The zero-order valence-electron chi connectivity index (χ0n) is 13.1. The Labute approximate surface area is 144 Å². The summed E-state index contributed by atoms with van der Waals surface area (Å²) in [6.07, 6.45) is 1.68. The van der Waals surface area contributed by atoms with E-state index in [0.29, 0.717) is 34.6 Å². The highest BCUT2D eigenvalue weighted by atomic mass is 32.2. The number of carboxylic acids is 1. The number of benzene rings is 1. The quantitative estimate of drug-likeness (QED) is 0.514. The van der Waals surface area contributed by atoms with Gasteiger partial charge in [-0.25, -0.2) is 9.11 Å². The Morgan fingerprint density at radius 3 is 2.32 bits per heavy atom. The molecule has 2 aromatic rings. The minimum atomic E-state index is -4.28. The van der Waals surface area contributed by atoms with Crippen LogP contribution in [-0.4, -0.2) is 37.4 Å². The molecule has 9 nitrogen and oxygen atoms in total. The zero-order chi connectivity index (χ0) is 18.6. The van der Waals surface area contributed by atoms with Crippen LogP contribution in [0.3, 0.4) is 0 Å². The van der Waals surface area contributed by atoms with Gasteiger partial charge in [-0.1, -0.05) is 12.1 Å². The summed E-state index contributed by atoms with van der Waals surface area (Å²) in [4.78, 5) is 23.2. The van der Waals surface area contributed by atoms with Gasteiger partial charge in [0.05, 0.1) is 11.7 Å². The first kappa shape index (κ1) is 18.6. The lowest BCUT2D eigenvalue weighted by molar-refractivity contribution is -0.255. The monoisotopic (exact) mass is 365 g/mol. The predicted molar refractivity (Wildman–Crippen MR) is 88.7 cm³/mol. The van der Waals surface area contributed by atoms with Crippen molar-refractivity contribution in [3.8, 4) is 11.1 Å². The van der Waals surface area contributed by atoms with Gasteiger partial charge in [-0.05, 0) is 36.7 Å². The maximum Gasteiger partial charge on any atom is 0.302 e. The highest BCUT2D eigenvalue weighted by Gasteiger charge is 2.18. The molecule has 0 aliphatic heterocycles. The second kappa shape index (κ2) is 7.47. The molecule has 0 saturated heterocycles. The van der Waals surface area contributed by atoms with E-state index in [-0.39, 0.29) is 11.5 Å². The fourth-order valence-corrected chi connectivity index (χ4v) is 2.92. The topological polar surface area (TPSA) is 160 Å². The van der Waals surface area contributed by atoms with Gasteiger partial charge >= 0.3 is 10.2 Å². The number of nitrogens with zero attached hydrogens (tertiary/aromatic N) is 1. The predicted octanol–water partition coefficient (Wildman–Crippen LogP) is -1.35. The second-order valence-electron chi connectivity index (χ2n) is 5.18. The maximum atomic E-state index is 11.9. The standard InChI is InChI=1S/C15H18N4O5S/c16-7-1-8-18-14(20)11-4-2-10(3-5-11)12-6-9-19(25(17,23)24)13(12)15(21)22/h2-6,9H,1,7-8,16H2,(H,18,20)(H,21,22)(H2,17,23,24)/p-1. The van der Waals surface area contributed by atoms with Gasteiger partial charge in [0, 0.05) is 23.9 Å². The molecule has 0 aliphatic carbocycles. The van der Waals surface area contributed by atoms with Gasteiger partial charge in [0.1, 0.15) is 0 Å². The summed E-state index contributed by atoms with van der Waals surface area (Å²) in [5, 5.41) is 19.0. The van der Waals surface area contributed by atoms with Crippen molar-refractivity contribution in [2.45, 2.75) is 6.42 Å². The lowest BCUT2D eigenvalue weighted by Crippen LogP contribution is -2.31. The fraction of sp³-hybridized carbons (Fsp3) is 0.200. The van der Waals surface area contributed by atoms with E-state index in [9.17, 15) is 23.1 Å². The molecule has 2 rings (SSSR count). The molecular weight excluding hydrogens is 348 g/mol. The molecule has 0 aliphatic rings. The molecule has 1 aromatic heterocycles. The van der Waals surface area contributed by atoms with Crippen LogP contribution >= 0.6 is 0 Å². The molecule has 25 heavy (non-hydrogen) atoms. The minimum absolute atomic E-state index is 0.115. The number of aromatic carboxylic acids is 1. The molecule has 134 valence electrons. The zero-order valence-corrected chi connectivity index (χ0v) is 14.0. The molecule has 1 heterocycles. The summed E-state index contributed by atoms with van der Waals surface area (Å²) >= 11 is 0. The molecule has 10 heteroatoms. The number of amides is 1. The van der Waals surface area contributed by atoms with Crippen LogP contribution in [0.2, 0.25) is 0 Å². The van der Waals surface area contributed by atoms with E-state index in [0.717, 1.165) is 6.20 Å². The van der Waals surface area contributed by atoms with Gasteiger partial charge < -0.3 is 21.0 Å². The molecule has 0 radical (unpaired) electrons.